The first-order valence-electron chi connectivity index (χ1n) is 8.35. The number of aromatic nitrogens is 1. The Kier molecular flexibility index (Phi) is 3.92. The summed E-state index contributed by atoms with van der Waals surface area (Å²) >= 11 is 0. The van der Waals surface area contributed by atoms with Crippen molar-refractivity contribution < 1.29 is 9.47 Å². The summed E-state index contributed by atoms with van der Waals surface area (Å²) in [5, 5.41) is 3.73. The molecule has 4 heteroatoms. The second-order valence-corrected chi connectivity index (χ2v) is 6.35. The van der Waals surface area contributed by atoms with Crippen LogP contribution >= 0.6 is 0 Å². The molecule has 4 nitrogen and oxygen atoms in total. The number of rotatable bonds is 5. The predicted molar refractivity (Wildman–Crippen MR) is 88.7 cm³/mol. The number of pyridine rings is 1. The highest BCUT2D eigenvalue weighted by Gasteiger charge is 2.32. The summed E-state index contributed by atoms with van der Waals surface area (Å²) in [4.78, 5) is 4.37. The standard InChI is InChI=1S/C19H22N2O2/c1-13-16(3-2-8-20-13)12-21-19(14-4-5-14)15-6-7-17-18(11-15)23-10-9-22-17/h2-3,6-8,11,14,19,21H,4-5,9-10,12H2,1H3/t19-/m1/s1. The van der Waals surface area contributed by atoms with Crippen molar-refractivity contribution in [2.45, 2.75) is 32.4 Å². The molecule has 2 aromatic rings. The zero-order valence-electron chi connectivity index (χ0n) is 13.4. The smallest absolute Gasteiger partial charge is 0.161 e. The summed E-state index contributed by atoms with van der Waals surface area (Å²) < 4.78 is 11.4. The minimum atomic E-state index is 0.366. The van der Waals surface area contributed by atoms with Crippen molar-refractivity contribution in [1.82, 2.24) is 10.3 Å². The van der Waals surface area contributed by atoms with Gasteiger partial charge in [-0.2, -0.15) is 0 Å². The number of nitrogens with zero attached hydrogens (tertiary/aromatic N) is 1. The van der Waals surface area contributed by atoms with E-state index in [1.54, 1.807) is 0 Å². The summed E-state index contributed by atoms with van der Waals surface area (Å²) in [5.41, 5.74) is 3.64. The number of nitrogens with one attached hydrogen (secondary N) is 1. The summed E-state index contributed by atoms with van der Waals surface area (Å²) in [7, 11) is 0. The van der Waals surface area contributed by atoms with Crippen LogP contribution in [0.3, 0.4) is 0 Å². The van der Waals surface area contributed by atoms with Gasteiger partial charge in [0.2, 0.25) is 0 Å². The van der Waals surface area contributed by atoms with Gasteiger partial charge in [-0.25, -0.2) is 0 Å². The molecule has 1 fully saturated rings. The van der Waals surface area contributed by atoms with Gasteiger partial charge in [-0.1, -0.05) is 12.1 Å². The Balaban J connectivity index is 1.53. The number of fused-ring (bicyclic) bond motifs is 1. The molecule has 1 saturated carbocycles. The van der Waals surface area contributed by atoms with Gasteiger partial charge in [-0.05, 0) is 55.0 Å². The molecule has 1 atom stereocenters. The summed E-state index contributed by atoms with van der Waals surface area (Å²) in [6.07, 6.45) is 4.42. The van der Waals surface area contributed by atoms with E-state index in [9.17, 15) is 0 Å². The van der Waals surface area contributed by atoms with Crippen molar-refractivity contribution in [2.75, 3.05) is 13.2 Å². The van der Waals surface area contributed by atoms with Crippen LogP contribution in [-0.4, -0.2) is 18.2 Å². The lowest BCUT2D eigenvalue weighted by Gasteiger charge is -2.23. The molecule has 2 aliphatic rings. The molecule has 1 aromatic carbocycles. The third kappa shape index (κ3) is 3.17. The van der Waals surface area contributed by atoms with Crippen LogP contribution in [0.15, 0.2) is 36.5 Å². The van der Waals surface area contributed by atoms with E-state index in [0.29, 0.717) is 19.3 Å². The third-order valence-electron chi connectivity index (χ3n) is 4.65. The van der Waals surface area contributed by atoms with Gasteiger partial charge in [0.25, 0.3) is 0 Å². The zero-order valence-corrected chi connectivity index (χ0v) is 13.4. The molecule has 4 rings (SSSR count). The van der Waals surface area contributed by atoms with Crippen molar-refractivity contribution in [3.63, 3.8) is 0 Å². The number of hydrogen-bond donors (Lipinski definition) is 1. The number of ether oxygens (including phenoxy) is 2. The van der Waals surface area contributed by atoms with Gasteiger partial charge in [0.05, 0.1) is 0 Å². The second kappa shape index (κ2) is 6.20. The fourth-order valence-electron chi connectivity index (χ4n) is 3.16. The molecule has 1 aromatic heterocycles. The SMILES string of the molecule is Cc1ncccc1CN[C@@H](c1ccc2c(c1)OCCO2)C1CC1. The summed E-state index contributed by atoms with van der Waals surface area (Å²) in [6, 6.07) is 10.9. The van der Waals surface area contributed by atoms with Gasteiger partial charge in [0, 0.05) is 24.5 Å². The average Bonchev–Trinajstić information content (AvgIpc) is 3.41. The van der Waals surface area contributed by atoms with Gasteiger partial charge in [0.15, 0.2) is 11.5 Å². The summed E-state index contributed by atoms with van der Waals surface area (Å²) in [5.74, 6) is 2.45. The second-order valence-electron chi connectivity index (χ2n) is 6.35. The van der Waals surface area contributed by atoms with E-state index in [1.165, 1.54) is 24.0 Å². The molecule has 0 radical (unpaired) electrons. The monoisotopic (exact) mass is 310 g/mol. The Morgan fingerprint density at radius 2 is 2.00 bits per heavy atom. The highest BCUT2D eigenvalue weighted by Crippen LogP contribution is 2.43. The molecule has 120 valence electrons. The first kappa shape index (κ1) is 14.5. The van der Waals surface area contributed by atoms with Gasteiger partial charge >= 0.3 is 0 Å². The van der Waals surface area contributed by atoms with Gasteiger partial charge in [0.1, 0.15) is 13.2 Å². The predicted octanol–water partition coefficient (Wildman–Crippen LogP) is 3.40. The van der Waals surface area contributed by atoms with E-state index in [1.807, 2.05) is 18.3 Å². The Labute approximate surface area is 136 Å². The maximum atomic E-state index is 5.73. The Hall–Kier alpha value is -2.07. The van der Waals surface area contributed by atoms with E-state index in [2.05, 4.69) is 35.4 Å². The summed E-state index contributed by atoms with van der Waals surface area (Å²) in [6.45, 7) is 4.17. The van der Waals surface area contributed by atoms with Gasteiger partial charge < -0.3 is 14.8 Å². The number of aryl methyl sites for hydroxylation is 1. The molecule has 0 amide bonds. The normalized spacial score (nSPS) is 17.8. The lowest BCUT2D eigenvalue weighted by atomic mass is 10.0. The van der Waals surface area contributed by atoms with Crippen LogP contribution in [0.5, 0.6) is 11.5 Å². The van der Waals surface area contributed by atoms with Crippen molar-refractivity contribution in [3.8, 4) is 11.5 Å². The molecule has 1 aliphatic carbocycles. The largest absolute Gasteiger partial charge is 0.486 e. The Morgan fingerprint density at radius 3 is 2.78 bits per heavy atom. The number of benzene rings is 1. The fraction of sp³-hybridized carbons (Fsp3) is 0.421. The fourth-order valence-corrected chi connectivity index (χ4v) is 3.16. The maximum Gasteiger partial charge on any atom is 0.161 e. The molecule has 0 unspecified atom stereocenters. The van der Waals surface area contributed by atoms with Crippen LogP contribution in [0.2, 0.25) is 0 Å². The van der Waals surface area contributed by atoms with Crippen molar-refractivity contribution in [2.24, 2.45) is 5.92 Å². The van der Waals surface area contributed by atoms with E-state index >= 15 is 0 Å². The van der Waals surface area contributed by atoms with Crippen LogP contribution < -0.4 is 14.8 Å². The molecule has 1 N–H and O–H groups in total. The molecule has 1 aliphatic heterocycles. The van der Waals surface area contributed by atoms with Crippen LogP contribution in [0, 0.1) is 12.8 Å². The average molecular weight is 310 g/mol. The molecule has 0 bridgehead atoms. The molecular weight excluding hydrogens is 288 g/mol. The van der Waals surface area contributed by atoms with E-state index in [-0.39, 0.29) is 0 Å². The zero-order chi connectivity index (χ0) is 15.6. The first-order valence-corrected chi connectivity index (χ1v) is 8.35. The van der Waals surface area contributed by atoms with Crippen LogP contribution in [-0.2, 0) is 6.54 Å². The van der Waals surface area contributed by atoms with E-state index in [0.717, 1.165) is 29.7 Å². The van der Waals surface area contributed by atoms with Crippen LogP contribution in [0.1, 0.15) is 35.7 Å². The highest BCUT2D eigenvalue weighted by atomic mass is 16.6. The maximum absolute atomic E-state index is 5.73. The van der Waals surface area contributed by atoms with E-state index < -0.39 is 0 Å². The van der Waals surface area contributed by atoms with Crippen LogP contribution in [0.25, 0.3) is 0 Å². The molecule has 0 saturated heterocycles. The first-order chi connectivity index (χ1) is 11.3. The van der Waals surface area contributed by atoms with E-state index in [4.69, 9.17) is 9.47 Å². The van der Waals surface area contributed by atoms with Crippen molar-refractivity contribution in [3.05, 3.63) is 53.3 Å². The van der Waals surface area contributed by atoms with Gasteiger partial charge in [-0.15, -0.1) is 0 Å². The van der Waals surface area contributed by atoms with Crippen molar-refractivity contribution >= 4 is 0 Å². The molecular formula is C19H22N2O2. The topological polar surface area (TPSA) is 43.4 Å². The third-order valence-corrected chi connectivity index (χ3v) is 4.65. The minimum Gasteiger partial charge on any atom is -0.486 e. The lowest BCUT2D eigenvalue weighted by molar-refractivity contribution is 0.171. The quantitative estimate of drug-likeness (QED) is 0.919. The number of hydrogen-bond acceptors (Lipinski definition) is 4. The molecule has 23 heavy (non-hydrogen) atoms. The minimum absolute atomic E-state index is 0.366. The Morgan fingerprint density at radius 1 is 1.17 bits per heavy atom. The lowest BCUT2D eigenvalue weighted by Crippen LogP contribution is -2.24. The van der Waals surface area contributed by atoms with Gasteiger partial charge in [-0.3, -0.25) is 4.98 Å². The highest BCUT2D eigenvalue weighted by molar-refractivity contribution is 5.45. The van der Waals surface area contributed by atoms with Crippen LogP contribution in [0.4, 0.5) is 0 Å². The molecule has 2 heterocycles. The molecule has 0 spiro atoms. The van der Waals surface area contributed by atoms with Crippen molar-refractivity contribution in [1.29, 1.82) is 0 Å². The Bertz CT molecular complexity index is 698.